The Hall–Kier alpha value is -4.15. The van der Waals surface area contributed by atoms with Gasteiger partial charge in [-0.05, 0) is 12.1 Å². The Balaban J connectivity index is 1.89. The number of nitriles is 1. The summed E-state index contributed by atoms with van der Waals surface area (Å²) in [5.74, 6) is 0.331. The lowest BCUT2D eigenvalue weighted by atomic mass is 10.1. The Bertz CT molecular complexity index is 1630. The van der Waals surface area contributed by atoms with Crippen molar-refractivity contribution >= 4 is 33.5 Å². The van der Waals surface area contributed by atoms with E-state index in [1.54, 1.807) is 42.6 Å². The minimum absolute atomic E-state index is 0.0438. The van der Waals surface area contributed by atoms with Gasteiger partial charge < -0.3 is 4.42 Å². The largest absolute Gasteiger partial charge is 0.449 e. The van der Waals surface area contributed by atoms with Gasteiger partial charge in [0.05, 0.1) is 28.5 Å². The van der Waals surface area contributed by atoms with Crippen LogP contribution in [0, 0.1) is 11.3 Å². The number of nitrogens with zero attached hydrogens (tertiary/aromatic N) is 4. The van der Waals surface area contributed by atoms with Crippen molar-refractivity contribution in [3.05, 3.63) is 92.9 Å². The molecule has 7 nitrogen and oxygen atoms in total. The van der Waals surface area contributed by atoms with Crippen molar-refractivity contribution < 1.29 is 4.42 Å². The normalized spacial score (nSPS) is 11.1. The van der Waals surface area contributed by atoms with Crippen molar-refractivity contribution in [3.63, 3.8) is 0 Å². The molecule has 8 heteroatoms. The lowest BCUT2D eigenvalue weighted by Crippen LogP contribution is -2.38. The van der Waals surface area contributed by atoms with E-state index >= 15 is 0 Å². The number of furan rings is 1. The Morgan fingerprint density at radius 3 is 2.65 bits per heavy atom. The molecule has 0 atom stereocenters. The first kappa shape index (κ1) is 18.9. The lowest BCUT2D eigenvalue weighted by molar-refractivity contribution is 0.613. The fourth-order valence-electron chi connectivity index (χ4n) is 3.66. The van der Waals surface area contributed by atoms with Crippen LogP contribution in [0.2, 0.25) is 5.02 Å². The van der Waals surface area contributed by atoms with E-state index in [0.717, 1.165) is 9.95 Å². The molecule has 0 saturated heterocycles. The summed E-state index contributed by atoms with van der Waals surface area (Å²) in [5, 5.41) is 11.2. The summed E-state index contributed by atoms with van der Waals surface area (Å²) in [4.78, 5) is 30.9. The van der Waals surface area contributed by atoms with Crippen molar-refractivity contribution in [2.75, 3.05) is 0 Å². The standard InChI is InChI=1S/C23H13ClN4O3/c24-17-8-4-3-7-16(17)20-11-18-21(31-20)22(29)28(23(30)27(18)10-9-25)19-13-26-12-14-5-1-2-6-15(14)19/h1-8,11-13H,10H2. The fraction of sp³-hybridized carbons (Fsp3) is 0.0435. The number of halogens is 1. The minimum Gasteiger partial charge on any atom is -0.449 e. The molecule has 150 valence electrons. The third-order valence-corrected chi connectivity index (χ3v) is 5.41. The molecule has 5 rings (SSSR count). The number of benzene rings is 2. The van der Waals surface area contributed by atoms with Gasteiger partial charge >= 0.3 is 11.2 Å². The third-order valence-electron chi connectivity index (χ3n) is 5.08. The van der Waals surface area contributed by atoms with Gasteiger partial charge in [0.1, 0.15) is 12.3 Å². The summed E-state index contributed by atoms with van der Waals surface area (Å²) < 4.78 is 8.08. The molecule has 2 aromatic carbocycles. The van der Waals surface area contributed by atoms with E-state index in [1.165, 1.54) is 10.8 Å². The zero-order valence-corrected chi connectivity index (χ0v) is 16.7. The molecule has 0 N–H and O–H groups in total. The van der Waals surface area contributed by atoms with E-state index in [4.69, 9.17) is 16.0 Å². The minimum atomic E-state index is -0.649. The van der Waals surface area contributed by atoms with Gasteiger partial charge in [0.25, 0.3) is 0 Å². The van der Waals surface area contributed by atoms with E-state index < -0.39 is 11.2 Å². The molecule has 0 unspecified atom stereocenters. The van der Waals surface area contributed by atoms with Gasteiger partial charge in [0, 0.05) is 28.6 Å². The number of hydrogen-bond acceptors (Lipinski definition) is 5. The molecule has 0 aliphatic heterocycles. The van der Waals surface area contributed by atoms with Crippen LogP contribution in [0.25, 0.3) is 38.9 Å². The summed E-state index contributed by atoms with van der Waals surface area (Å²) in [5.41, 5.74) is -0.200. The zero-order chi connectivity index (χ0) is 21.5. The summed E-state index contributed by atoms with van der Waals surface area (Å²) in [6, 6.07) is 17.8. The van der Waals surface area contributed by atoms with Gasteiger partial charge in [-0.1, -0.05) is 48.0 Å². The van der Waals surface area contributed by atoms with E-state index in [-0.39, 0.29) is 17.6 Å². The van der Waals surface area contributed by atoms with E-state index in [1.807, 2.05) is 24.3 Å². The molecular weight excluding hydrogens is 416 g/mol. The van der Waals surface area contributed by atoms with Gasteiger partial charge in [-0.3, -0.25) is 14.3 Å². The van der Waals surface area contributed by atoms with Gasteiger partial charge in [-0.2, -0.15) is 5.26 Å². The van der Waals surface area contributed by atoms with E-state index in [9.17, 15) is 14.9 Å². The molecular formula is C23H13ClN4O3. The highest BCUT2D eigenvalue weighted by Crippen LogP contribution is 2.31. The molecule has 0 aliphatic rings. The highest BCUT2D eigenvalue weighted by Gasteiger charge is 2.21. The van der Waals surface area contributed by atoms with Crippen molar-refractivity contribution in [1.82, 2.24) is 14.1 Å². The first-order chi connectivity index (χ1) is 15.1. The summed E-state index contributed by atoms with van der Waals surface area (Å²) >= 11 is 6.28. The Morgan fingerprint density at radius 2 is 1.84 bits per heavy atom. The van der Waals surface area contributed by atoms with Crippen molar-refractivity contribution in [3.8, 4) is 23.1 Å². The lowest BCUT2D eigenvalue weighted by Gasteiger charge is -2.11. The zero-order valence-electron chi connectivity index (χ0n) is 15.9. The van der Waals surface area contributed by atoms with Crippen LogP contribution in [-0.2, 0) is 6.54 Å². The second-order valence-corrected chi connectivity index (χ2v) is 7.26. The molecule has 0 spiro atoms. The number of pyridine rings is 1. The van der Waals surface area contributed by atoms with Crippen molar-refractivity contribution in [1.29, 1.82) is 5.26 Å². The SMILES string of the molecule is N#CCn1c(=O)n(-c2cncc3ccccc23)c(=O)c2oc(-c3ccccc3Cl)cc21. The maximum atomic E-state index is 13.4. The van der Waals surface area contributed by atoms with Crippen LogP contribution in [0.5, 0.6) is 0 Å². The molecule has 5 aromatic rings. The van der Waals surface area contributed by atoms with Gasteiger partial charge in [-0.25, -0.2) is 9.36 Å². The Morgan fingerprint density at radius 1 is 1.06 bits per heavy atom. The fourth-order valence-corrected chi connectivity index (χ4v) is 3.88. The van der Waals surface area contributed by atoms with Crippen molar-refractivity contribution in [2.45, 2.75) is 6.54 Å². The highest BCUT2D eigenvalue weighted by molar-refractivity contribution is 6.33. The Kier molecular flexibility index (Phi) is 4.42. The Labute approximate surface area is 180 Å². The first-order valence-corrected chi connectivity index (χ1v) is 9.72. The van der Waals surface area contributed by atoms with Crippen LogP contribution in [-0.4, -0.2) is 14.1 Å². The quantitative estimate of drug-likeness (QED) is 0.430. The number of rotatable bonds is 3. The van der Waals surface area contributed by atoms with Gasteiger partial charge in [-0.15, -0.1) is 0 Å². The van der Waals surface area contributed by atoms with Crippen LogP contribution < -0.4 is 11.2 Å². The summed E-state index contributed by atoms with van der Waals surface area (Å²) in [6.07, 6.45) is 3.10. The van der Waals surface area contributed by atoms with Crippen LogP contribution >= 0.6 is 11.6 Å². The predicted molar refractivity (Wildman–Crippen MR) is 117 cm³/mol. The highest BCUT2D eigenvalue weighted by atomic mass is 35.5. The molecule has 3 aromatic heterocycles. The molecule has 3 heterocycles. The molecule has 0 aliphatic carbocycles. The average molecular weight is 429 g/mol. The third kappa shape index (κ3) is 2.93. The maximum absolute atomic E-state index is 13.4. The van der Waals surface area contributed by atoms with E-state index in [0.29, 0.717) is 27.4 Å². The monoisotopic (exact) mass is 428 g/mol. The molecule has 0 saturated carbocycles. The molecule has 0 radical (unpaired) electrons. The molecule has 0 fully saturated rings. The number of hydrogen-bond donors (Lipinski definition) is 0. The van der Waals surface area contributed by atoms with Gasteiger partial charge in [0.15, 0.2) is 0 Å². The summed E-state index contributed by atoms with van der Waals surface area (Å²) in [6.45, 7) is -0.255. The summed E-state index contributed by atoms with van der Waals surface area (Å²) in [7, 11) is 0. The van der Waals surface area contributed by atoms with Crippen LogP contribution in [0.1, 0.15) is 0 Å². The van der Waals surface area contributed by atoms with E-state index in [2.05, 4.69) is 4.98 Å². The smallest absolute Gasteiger partial charge is 0.337 e. The first-order valence-electron chi connectivity index (χ1n) is 9.34. The van der Waals surface area contributed by atoms with Crippen LogP contribution in [0.4, 0.5) is 0 Å². The number of fused-ring (bicyclic) bond motifs is 2. The second kappa shape index (κ2) is 7.27. The maximum Gasteiger partial charge on any atom is 0.337 e. The molecule has 0 amide bonds. The van der Waals surface area contributed by atoms with Crippen molar-refractivity contribution in [2.24, 2.45) is 0 Å². The topological polar surface area (TPSA) is 93.8 Å². The molecule has 0 bridgehead atoms. The van der Waals surface area contributed by atoms with Crippen LogP contribution in [0.15, 0.2) is 81.0 Å². The number of aromatic nitrogens is 3. The molecule has 31 heavy (non-hydrogen) atoms. The second-order valence-electron chi connectivity index (χ2n) is 6.85. The van der Waals surface area contributed by atoms with Gasteiger partial charge in [0.2, 0.25) is 5.58 Å². The van der Waals surface area contributed by atoms with Crippen LogP contribution in [0.3, 0.4) is 0 Å². The predicted octanol–water partition coefficient (Wildman–Crippen LogP) is 4.14. The average Bonchev–Trinajstić information content (AvgIpc) is 3.22.